The largest absolute Gasteiger partial charge is 0.325 e. The van der Waals surface area contributed by atoms with E-state index in [1.165, 1.54) is 12.2 Å². The van der Waals surface area contributed by atoms with E-state index in [9.17, 15) is 9.59 Å². The molecule has 2 aromatic carbocycles. The third kappa shape index (κ3) is 4.80. The third-order valence-electron chi connectivity index (χ3n) is 3.01. The lowest BCUT2D eigenvalue weighted by Gasteiger charge is -2.07. The van der Waals surface area contributed by atoms with Crippen LogP contribution in [0.25, 0.3) is 6.08 Å². The molecule has 0 heterocycles. The van der Waals surface area contributed by atoms with Crippen molar-refractivity contribution in [3.63, 3.8) is 0 Å². The summed E-state index contributed by atoms with van der Waals surface area (Å²) in [5.74, 6) is -2.63. The van der Waals surface area contributed by atoms with E-state index >= 15 is 0 Å². The van der Waals surface area contributed by atoms with Crippen LogP contribution < -0.4 is 5.32 Å². The van der Waals surface area contributed by atoms with E-state index in [2.05, 4.69) is 5.32 Å². The molecular formula is C18H13ClN2O2. The van der Waals surface area contributed by atoms with Crippen molar-refractivity contribution in [2.45, 2.75) is 0 Å². The van der Waals surface area contributed by atoms with Gasteiger partial charge in [-0.05, 0) is 35.9 Å². The van der Waals surface area contributed by atoms with Gasteiger partial charge in [0, 0.05) is 10.7 Å². The number of carbonyl (C=O) groups is 2. The molecule has 114 valence electrons. The van der Waals surface area contributed by atoms with Gasteiger partial charge < -0.3 is 5.32 Å². The fraction of sp³-hybridized carbons (Fsp3) is 0.0556. The number of carbonyl (C=O) groups excluding carboxylic acids is 2. The average molecular weight is 325 g/mol. The maximum absolute atomic E-state index is 12.1. The van der Waals surface area contributed by atoms with E-state index in [-0.39, 0.29) is 0 Å². The topological polar surface area (TPSA) is 70.0 Å². The maximum atomic E-state index is 12.1. The van der Waals surface area contributed by atoms with Crippen LogP contribution in [-0.2, 0) is 9.59 Å². The number of hydrogen-bond donors (Lipinski definition) is 1. The Labute approximate surface area is 139 Å². The second-order valence-corrected chi connectivity index (χ2v) is 5.14. The van der Waals surface area contributed by atoms with Gasteiger partial charge in [-0.1, -0.05) is 48.0 Å². The minimum Gasteiger partial charge on any atom is -0.325 e. The molecule has 0 aliphatic carbocycles. The molecule has 23 heavy (non-hydrogen) atoms. The number of ketones is 1. The zero-order valence-corrected chi connectivity index (χ0v) is 12.8. The number of hydrogen-bond acceptors (Lipinski definition) is 3. The van der Waals surface area contributed by atoms with Crippen LogP contribution in [0.2, 0.25) is 5.02 Å². The second kappa shape index (κ2) is 7.92. The Morgan fingerprint density at radius 3 is 2.52 bits per heavy atom. The van der Waals surface area contributed by atoms with Crippen molar-refractivity contribution in [2.75, 3.05) is 5.32 Å². The number of rotatable bonds is 5. The smallest absolute Gasteiger partial charge is 0.249 e. The lowest BCUT2D eigenvalue weighted by Crippen LogP contribution is -2.27. The van der Waals surface area contributed by atoms with E-state index in [4.69, 9.17) is 16.9 Å². The van der Waals surface area contributed by atoms with E-state index in [1.807, 2.05) is 0 Å². The molecule has 0 aromatic heterocycles. The van der Waals surface area contributed by atoms with Crippen molar-refractivity contribution in [3.8, 4) is 6.07 Å². The summed E-state index contributed by atoms with van der Waals surface area (Å²) in [6.45, 7) is 0. The highest BCUT2D eigenvalue weighted by Gasteiger charge is 2.24. The summed E-state index contributed by atoms with van der Waals surface area (Å²) in [6, 6.07) is 17.3. The monoisotopic (exact) mass is 324 g/mol. The number of nitrogens with one attached hydrogen (secondary N) is 1. The molecule has 0 fully saturated rings. The Morgan fingerprint density at radius 2 is 1.87 bits per heavy atom. The number of allylic oxidation sites excluding steroid dienone is 1. The zero-order valence-electron chi connectivity index (χ0n) is 12.1. The standard InChI is InChI=1S/C18H13ClN2O2/c19-14-6-4-5-13(11-14)9-10-17(22)16(12-20)18(23)21-15-7-2-1-3-8-15/h1-11,16H,(H,21,23)/b10-9-/t16-/m0/s1. The first-order valence-corrected chi connectivity index (χ1v) is 7.21. The van der Waals surface area contributed by atoms with Crippen LogP contribution in [0.3, 0.4) is 0 Å². The van der Waals surface area contributed by atoms with Gasteiger partial charge in [-0.2, -0.15) is 5.26 Å². The highest BCUT2D eigenvalue weighted by molar-refractivity contribution is 6.30. The van der Waals surface area contributed by atoms with Crippen LogP contribution in [0.1, 0.15) is 5.56 Å². The van der Waals surface area contributed by atoms with E-state index < -0.39 is 17.6 Å². The first-order valence-electron chi connectivity index (χ1n) is 6.83. The van der Waals surface area contributed by atoms with Gasteiger partial charge in [-0.25, -0.2) is 0 Å². The molecule has 1 N–H and O–H groups in total. The lowest BCUT2D eigenvalue weighted by atomic mass is 10.0. The fourth-order valence-corrected chi connectivity index (χ4v) is 2.07. The molecule has 0 saturated carbocycles. The minimum atomic E-state index is -1.40. The Balaban J connectivity index is 2.06. The van der Waals surface area contributed by atoms with Crippen LogP contribution in [0.15, 0.2) is 60.7 Å². The quantitative estimate of drug-likeness (QED) is 0.673. The van der Waals surface area contributed by atoms with Crippen molar-refractivity contribution < 1.29 is 9.59 Å². The molecule has 0 bridgehead atoms. The Kier molecular flexibility index (Phi) is 5.67. The molecule has 5 heteroatoms. The molecule has 4 nitrogen and oxygen atoms in total. The summed E-state index contributed by atoms with van der Waals surface area (Å²) < 4.78 is 0. The molecule has 0 radical (unpaired) electrons. The zero-order chi connectivity index (χ0) is 16.7. The molecule has 0 spiro atoms. The van der Waals surface area contributed by atoms with Crippen LogP contribution in [0.5, 0.6) is 0 Å². The van der Waals surface area contributed by atoms with E-state index in [0.29, 0.717) is 16.3 Å². The molecule has 0 saturated heterocycles. The average Bonchev–Trinajstić information content (AvgIpc) is 2.54. The summed E-state index contributed by atoms with van der Waals surface area (Å²) in [5, 5.41) is 12.2. The number of benzene rings is 2. The number of para-hydroxylation sites is 1. The fourth-order valence-electron chi connectivity index (χ4n) is 1.87. The molecule has 1 atom stereocenters. The van der Waals surface area contributed by atoms with E-state index in [0.717, 1.165) is 0 Å². The van der Waals surface area contributed by atoms with Gasteiger partial charge in [0.1, 0.15) is 0 Å². The van der Waals surface area contributed by atoms with Gasteiger partial charge >= 0.3 is 0 Å². The molecular weight excluding hydrogens is 312 g/mol. The summed E-state index contributed by atoms with van der Waals surface area (Å²) in [7, 11) is 0. The summed E-state index contributed by atoms with van der Waals surface area (Å²) in [6.07, 6.45) is 2.73. The Bertz CT molecular complexity index is 779. The molecule has 0 aliphatic rings. The Hall–Kier alpha value is -2.90. The molecule has 1 amide bonds. The van der Waals surface area contributed by atoms with Crippen molar-refractivity contribution >= 4 is 35.1 Å². The van der Waals surface area contributed by atoms with Crippen molar-refractivity contribution in [1.82, 2.24) is 0 Å². The lowest BCUT2D eigenvalue weighted by molar-refractivity contribution is -0.126. The molecule has 0 aliphatic heterocycles. The van der Waals surface area contributed by atoms with Crippen LogP contribution in [0, 0.1) is 17.2 Å². The first-order chi connectivity index (χ1) is 11.1. The van der Waals surface area contributed by atoms with Crippen molar-refractivity contribution in [2.24, 2.45) is 5.92 Å². The molecule has 2 aromatic rings. The Morgan fingerprint density at radius 1 is 1.13 bits per heavy atom. The predicted molar refractivity (Wildman–Crippen MR) is 89.7 cm³/mol. The minimum absolute atomic E-state index is 0.532. The number of amides is 1. The van der Waals surface area contributed by atoms with Crippen molar-refractivity contribution in [1.29, 1.82) is 5.26 Å². The van der Waals surface area contributed by atoms with Gasteiger partial charge in [0.05, 0.1) is 6.07 Å². The van der Waals surface area contributed by atoms with Gasteiger partial charge in [-0.15, -0.1) is 0 Å². The normalized spacial score (nSPS) is 11.7. The SMILES string of the molecule is N#C[C@@H](C(=O)/C=C\c1cccc(Cl)c1)C(=O)Nc1ccccc1. The van der Waals surface area contributed by atoms with Gasteiger partial charge in [0.25, 0.3) is 0 Å². The van der Waals surface area contributed by atoms with Crippen LogP contribution in [0.4, 0.5) is 5.69 Å². The summed E-state index contributed by atoms with van der Waals surface area (Å²) in [4.78, 5) is 24.1. The second-order valence-electron chi connectivity index (χ2n) is 4.71. The van der Waals surface area contributed by atoms with Gasteiger partial charge in [0.2, 0.25) is 5.91 Å². The maximum Gasteiger partial charge on any atom is 0.249 e. The number of halogens is 1. The summed E-state index contributed by atoms with van der Waals surface area (Å²) in [5.41, 5.74) is 1.25. The number of anilines is 1. The van der Waals surface area contributed by atoms with Gasteiger partial charge in [0.15, 0.2) is 11.7 Å². The van der Waals surface area contributed by atoms with Crippen LogP contribution >= 0.6 is 11.6 Å². The highest BCUT2D eigenvalue weighted by Crippen LogP contribution is 2.13. The van der Waals surface area contributed by atoms with Gasteiger partial charge in [-0.3, -0.25) is 9.59 Å². The number of nitrogens with zero attached hydrogens (tertiary/aromatic N) is 1. The van der Waals surface area contributed by atoms with Crippen molar-refractivity contribution in [3.05, 3.63) is 71.3 Å². The third-order valence-corrected chi connectivity index (χ3v) is 3.24. The van der Waals surface area contributed by atoms with E-state index in [1.54, 1.807) is 60.7 Å². The molecule has 2 rings (SSSR count). The molecule has 0 unspecified atom stereocenters. The highest BCUT2D eigenvalue weighted by atomic mass is 35.5. The number of nitriles is 1. The predicted octanol–water partition coefficient (Wildman–Crippen LogP) is 3.70. The summed E-state index contributed by atoms with van der Waals surface area (Å²) >= 11 is 5.86. The van der Waals surface area contributed by atoms with Crippen LogP contribution in [-0.4, -0.2) is 11.7 Å². The first kappa shape index (κ1) is 16.5.